The van der Waals surface area contributed by atoms with Crippen molar-refractivity contribution in [2.24, 2.45) is 5.92 Å². The van der Waals surface area contributed by atoms with Crippen LogP contribution in [0, 0.1) is 11.7 Å². The third-order valence-electron chi connectivity index (χ3n) is 4.15. The van der Waals surface area contributed by atoms with Gasteiger partial charge in [0.25, 0.3) is 5.91 Å². The number of aliphatic carboxylic acids is 1. The summed E-state index contributed by atoms with van der Waals surface area (Å²) in [5.41, 5.74) is 1.13. The Labute approximate surface area is 142 Å². The number of hydrogen-bond acceptors (Lipinski definition) is 4. The van der Waals surface area contributed by atoms with Crippen LogP contribution >= 0.6 is 11.3 Å². The van der Waals surface area contributed by atoms with E-state index in [1.165, 1.54) is 23.5 Å². The molecule has 24 heavy (non-hydrogen) atoms. The monoisotopic (exact) mass is 348 g/mol. The van der Waals surface area contributed by atoms with Crippen LogP contribution in [0.1, 0.15) is 40.3 Å². The summed E-state index contributed by atoms with van der Waals surface area (Å²) in [4.78, 5) is 27.5. The molecule has 0 saturated heterocycles. The predicted octanol–water partition coefficient (Wildman–Crippen LogP) is 2.86. The molecule has 0 radical (unpaired) electrons. The van der Waals surface area contributed by atoms with Crippen LogP contribution in [-0.2, 0) is 11.2 Å². The van der Waals surface area contributed by atoms with Crippen molar-refractivity contribution in [1.29, 1.82) is 0 Å². The van der Waals surface area contributed by atoms with Crippen LogP contribution in [0.3, 0.4) is 0 Å². The number of rotatable bonds is 5. The highest BCUT2D eigenvalue weighted by molar-refractivity contribution is 7.09. The number of carboxylic acid groups (broad SMARTS) is 1. The van der Waals surface area contributed by atoms with E-state index in [4.69, 9.17) is 5.11 Å². The fraction of sp³-hybridized carbons (Fsp3) is 0.353. The van der Waals surface area contributed by atoms with Gasteiger partial charge in [-0.05, 0) is 37.0 Å². The maximum absolute atomic E-state index is 13.2. The normalized spacial score (nSPS) is 20.0. The van der Waals surface area contributed by atoms with Gasteiger partial charge in [0, 0.05) is 17.8 Å². The van der Waals surface area contributed by atoms with Crippen molar-refractivity contribution >= 4 is 23.2 Å². The summed E-state index contributed by atoms with van der Waals surface area (Å²) in [5, 5.41) is 14.3. The Kier molecular flexibility index (Phi) is 4.89. The first-order chi connectivity index (χ1) is 11.5. The third-order valence-corrected chi connectivity index (χ3v) is 4.99. The molecule has 1 aliphatic rings. The molecule has 5 nitrogen and oxygen atoms in total. The molecule has 2 aromatic rings. The number of carboxylic acids is 1. The molecule has 1 heterocycles. The standard InChI is InChI=1S/C17H17FN2O3S/c18-12-3-1-2-10(6-12)7-15-20-14(9-24-15)16(21)19-13-5-4-11(8-13)17(22)23/h1-3,6,9,11,13H,4-5,7-8H2,(H,19,21)(H,22,23)/t11-,13+/m0/s1. The molecule has 1 aromatic carbocycles. The Hall–Kier alpha value is -2.28. The second kappa shape index (κ2) is 7.09. The van der Waals surface area contributed by atoms with E-state index in [1.54, 1.807) is 11.4 Å². The first-order valence-corrected chi connectivity index (χ1v) is 8.62. The van der Waals surface area contributed by atoms with Gasteiger partial charge in [-0.15, -0.1) is 11.3 Å². The molecule has 126 valence electrons. The van der Waals surface area contributed by atoms with Crippen LogP contribution in [0.15, 0.2) is 29.6 Å². The van der Waals surface area contributed by atoms with Crippen LogP contribution in [0.4, 0.5) is 4.39 Å². The van der Waals surface area contributed by atoms with Crippen LogP contribution in [0.2, 0.25) is 0 Å². The number of benzene rings is 1. The lowest BCUT2D eigenvalue weighted by Gasteiger charge is -2.10. The molecule has 2 atom stereocenters. The van der Waals surface area contributed by atoms with Gasteiger partial charge in [-0.3, -0.25) is 9.59 Å². The Morgan fingerprint density at radius 1 is 1.38 bits per heavy atom. The summed E-state index contributed by atoms with van der Waals surface area (Å²) in [6.45, 7) is 0. The summed E-state index contributed by atoms with van der Waals surface area (Å²) in [6.07, 6.45) is 2.19. The second-order valence-corrected chi connectivity index (χ2v) is 6.89. The van der Waals surface area contributed by atoms with E-state index in [1.807, 2.05) is 6.07 Å². The molecule has 3 rings (SSSR count). The quantitative estimate of drug-likeness (QED) is 0.871. The summed E-state index contributed by atoms with van der Waals surface area (Å²) in [7, 11) is 0. The van der Waals surface area contributed by atoms with Crippen molar-refractivity contribution in [3.8, 4) is 0 Å². The third kappa shape index (κ3) is 3.97. The molecule has 1 aromatic heterocycles. The van der Waals surface area contributed by atoms with E-state index in [-0.39, 0.29) is 23.7 Å². The minimum atomic E-state index is -0.808. The number of thiazole rings is 1. The molecular weight excluding hydrogens is 331 g/mol. The Morgan fingerprint density at radius 2 is 2.21 bits per heavy atom. The highest BCUT2D eigenvalue weighted by Gasteiger charge is 2.31. The largest absolute Gasteiger partial charge is 0.481 e. The summed E-state index contributed by atoms with van der Waals surface area (Å²) >= 11 is 1.35. The molecule has 2 N–H and O–H groups in total. The number of aromatic nitrogens is 1. The summed E-state index contributed by atoms with van der Waals surface area (Å²) in [5.74, 6) is -1.77. The fourth-order valence-corrected chi connectivity index (χ4v) is 3.72. The van der Waals surface area contributed by atoms with E-state index in [2.05, 4.69) is 10.3 Å². The molecule has 0 unspecified atom stereocenters. The Morgan fingerprint density at radius 3 is 2.92 bits per heavy atom. The number of halogens is 1. The van der Waals surface area contributed by atoms with Gasteiger partial charge in [-0.25, -0.2) is 9.37 Å². The number of carbonyl (C=O) groups is 2. The predicted molar refractivity (Wildman–Crippen MR) is 87.6 cm³/mol. The molecule has 0 spiro atoms. The van der Waals surface area contributed by atoms with Crippen molar-refractivity contribution < 1.29 is 19.1 Å². The molecule has 1 fully saturated rings. The maximum Gasteiger partial charge on any atom is 0.306 e. The number of hydrogen-bond donors (Lipinski definition) is 2. The summed E-state index contributed by atoms with van der Waals surface area (Å²) in [6, 6.07) is 6.17. The van der Waals surface area contributed by atoms with Gasteiger partial charge in [-0.1, -0.05) is 12.1 Å². The van der Waals surface area contributed by atoms with Crippen molar-refractivity contribution in [2.45, 2.75) is 31.7 Å². The van der Waals surface area contributed by atoms with Crippen molar-refractivity contribution in [3.05, 3.63) is 51.7 Å². The molecule has 0 bridgehead atoms. The molecule has 0 aliphatic heterocycles. The van der Waals surface area contributed by atoms with E-state index >= 15 is 0 Å². The van der Waals surface area contributed by atoms with Crippen LogP contribution in [0.25, 0.3) is 0 Å². The van der Waals surface area contributed by atoms with Gasteiger partial charge in [0.05, 0.1) is 10.9 Å². The van der Waals surface area contributed by atoms with Crippen molar-refractivity contribution in [1.82, 2.24) is 10.3 Å². The van der Waals surface area contributed by atoms with Gasteiger partial charge in [0.15, 0.2) is 0 Å². The molecule has 1 saturated carbocycles. The van der Waals surface area contributed by atoms with E-state index in [0.717, 1.165) is 10.6 Å². The molecule has 7 heteroatoms. The van der Waals surface area contributed by atoms with E-state index < -0.39 is 5.97 Å². The Bertz CT molecular complexity index is 762. The van der Waals surface area contributed by atoms with Crippen LogP contribution in [-0.4, -0.2) is 28.0 Å². The molecule has 1 aliphatic carbocycles. The highest BCUT2D eigenvalue weighted by atomic mass is 32.1. The van der Waals surface area contributed by atoms with Crippen LogP contribution in [0.5, 0.6) is 0 Å². The zero-order valence-electron chi connectivity index (χ0n) is 12.9. The number of nitrogens with one attached hydrogen (secondary N) is 1. The van der Waals surface area contributed by atoms with Gasteiger partial charge in [0.2, 0.25) is 0 Å². The minimum absolute atomic E-state index is 0.119. The van der Waals surface area contributed by atoms with Gasteiger partial charge < -0.3 is 10.4 Å². The average molecular weight is 348 g/mol. The van der Waals surface area contributed by atoms with Crippen molar-refractivity contribution in [3.63, 3.8) is 0 Å². The van der Waals surface area contributed by atoms with E-state index in [9.17, 15) is 14.0 Å². The summed E-state index contributed by atoms with van der Waals surface area (Å²) < 4.78 is 13.2. The SMILES string of the molecule is O=C(N[C@@H]1CC[C@H](C(=O)O)C1)c1csc(Cc2cccc(F)c2)n1. The molecule has 1 amide bonds. The second-order valence-electron chi connectivity index (χ2n) is 5.95. The fourth-order valence-electron chi connectivity index (χ4n) is 2.91. The van der Waals surface area contributed by atoms with E-state index in [0.29, 0.717) is 31.4 Å². The zero-order valence-corrected chi connectivity index (χ0v) is 13.7. The van der Waals surface area contributed by atoms with Crippen molar-refractivity contribution in [2.75, 3.05) is 0 Å². The number of nitrogens with zero attached hydrogens (tertiary/aromatic N) is 1. The zero-order chi connectivity index (χ0) is 17.1. The number of amides is 1. The number of carbonyl (C=O) groups excluding carboxylic acids is 1. The topological polar surface area (TPSA) is 79.3 Å². The van der Waals surface area contributed by atoms with Gasteiger partial charge in [0.1, 0.15) is 11.5 Å². The Balaban J connectivity index is 1.59. The molecular formula is C17H17FN2O3S. The smallest absolute Gasteiger partial charge is 0.306 e. The highest BCUT2D eigenvalue weighted by Crippen LogP contribution is 2.26. The average Bonchev–Trinajstić information content (AvgIpc) is 3.17. The first kappa shape index (κ1) is 16.6. The van der Waals surface area contributed by atoms with Gasteiger partial charge in [-0.2, -0.15) is 0 Å². The van der Waals surface area contributed by atoms with Gasteiger partial charge >= 0.3 is 5.97 Å². The minimum Gasteiger partial charge on any atom is -0.481 e. The lowest BCUT2D eigenvalue weighted by Crippen LogP contribution is -2.33. The first-order valence-electron chi connectivity index (χ1n) is 7.74. The maximum atomic E-state index is 13.2. The lowest BCUT2D eigenvalue weighted by atomic mass is 10.1. The lowest BCUT2D eigenvalue weighted by molar-refractivity contribution is -0.141. The van der Waals surface area contributed by atoms with Crippen LogP contribution < -0.4 is 5.32 Å².